The van der Waals surface area contributed by atoms with Crippen LogP contribution in [-0.2, 0) is 4.79 Å². The van der Waals surface area contributed by atoms with Gasteiger partial charge in [0.15, 0.2) is 5.82 Å². The Morgan fingerprint density at radius 1 is 1.45 bits per heavy atom. The van der Waals surface area contributed by atoms with Gasteiger partial charge in [-0.3, -0.25) is 4.79 Å². The van der Waals surface area contributed by atoms with Crippen molar-refractivity contribution in [3.63, 3.8) is 0 Å². The van der Waals surface area contributed by atoms with E-state index in [0.717, 1.165) is 0 Å². The van der Waals surface area contributed by atoms with Crippen molar-refractivity contribution in [1.82, 2.24) is 25.5 Å². The second-order valence-corrected chi connectivity index (χ2v) is 3.88. The molecule has 0 aliphatic carbocycles. The Bertz CT molecular complexity index is 602. The fourth-order valence-corrected chi connectivity index (χ4v) is 1.57. The van der Waals surface area contributed by atoms with Crippen molar-refractivity contribution in [3.8, 4) is 5.69 Å². The van der Waals surface area contributed by atoms with Gasteiger partial charge in [0, 0.05) is 5.69 Å². The number of rotatable bonds is 4. The first-order chi connectivity index (χ1) is 9.11. The Morgan fingerprint density at radius 2 is 2.20 bits per heavy atom. The molecule has 0 fully saturated rings. The lowest BCUT2D eigenvalue weighted by Crippen LogP contribution is -2.25. The minimum absolute atomic E-state index is 0. The molecular weight excluding hydrogens is 287 g/mol. The summed E-state index contributed by atoms with van der Waals surface area (Å²) in [5, 5.41) is 16.2. The van der Waals surface area contributed by atoms with Gasteiger partial charge in [0.25, 0.3) is 0 Å². The highest BCUT2D eigenvalue weighted by atomic mass is 35.5. The van der Waals surface area contributed by atoms with Crippen molar-refractivity contribution in [3.05, 3.63) is 29.8 Å². The maximum absolute atomic E-state index is 13.8. The highest BCUT2D eigenvalue weighted by Crippen LogP contribution is 2.18. The molecule has 20 heavy (non-hydrogen) atoms. The summed E-state index contributed by atoms with van der Waals surface area (Å²) in [7, 11) is 1.67. The van der Waals surface area contributed by atoms with Crippen molar-refractivity contribution in [2.75, 3.05) is 18.9 Å². The standard InChI is InChI=1S/C11H13FN6O.ClH/c1-7-15-16-17-18(7)10-5-8(3-4-9(10)12)14-11(19)6-13-2;/h3-5,13H,6H2,1-2H3,(H,14,19);1H. The van der Waals surface area contributed by atoms with Gasteiger partial charge in [-0.2, -0.15) is 4.68 Å². The highest BCUT2D eigenvalue weighted by molar-refractivity contribution is 5.92. The number of amides is 1. The second-order valence-electron chi connectivity index (χ2n) is 3.88. The van der Waals surface area contributed by atoms with Gasteiger partial charge >= 0.3 is 0 Å². The average Bonchev–Trinajstić information content (AvgIpc) is 2.78. The Labute approximate surface area is 121 Å². The number of tetrazole rings is 1. The van der Waals surface area contributed by atoms with Crippen LogP contribution in [0.1, 0.15) is 5.82 Å². The van der Waals surface area contributed by atoms with Crippen LogP contribution >= 0.6 is 12.4 Å². The summed E-state index contributed by atoms with van der Waals surface area (Å²) in [6.07, 6.45) is 0. The number of likely N-dealkylation sites (N-methyl/N-ethyl adjacent to an activating group) is 1. The number of anilines is 1. The summed E-state index contributed by atoms with van der Waals surface area (Å²) >= 11 is 0. The normalized spacial score (nSPS) is 9.95. The summed E-state index contributed by atoms with van der Waals surface area (Å²) in [4.78, 5) is 11.4. The lowest BCUT2D eigenvalue weighted by Gasteiger charge is -2.08. The van der Waals surface area contributed by atoms with Crippen LogP contribution in [0.5, 0.6) is 0 Å². The van der Waals surface area contributed by atoms with Gasteiger partial charge in [0.1, 0.15) is 11.5 Å². The van der Waals surface area contributed by atoms with E-state index in [2.05, 4.69) is 26.2 Å². The molecule has 0 unspecified atom stereocenters. The zero-order chi connectivity index (χ0) is 13.8. The summed E-state index contributed by atoms with van der Waals surface area (Å²) in [5.74, 6) is -0.229. The highest BCUT2D eigenvalue weighted by Gasteiger charge is 2.11. The molecule has 108 valence electrons. The molecule has 0 saturated carbocycles. The molecule has 7 nitrogen and oxygen atoms in total. The van der Waals surface area contributed by atoms with Gasteiger partial charge in [-0.15, -0.1) is 17.5 Å². The van der Waals surface area contributed by atoms with Gasteiger partial charge in [-0.05, 0) is 42.6 Å². The van der Waals surface area contributed by atoms with E-state index in [0.29, 0.717) is 11.5 Å². The number of aryl methyl sites for hydroxylation is 1. The van der Waals surface area contributed by atoms with Crippen molar-refractivity contribution >= 4 is 24.0 Å². The first kappa shape index (κ1) is 16.0. The molecular formula is C11H14ClFN6O. The lowest BCUT2D eigenvalue weighted by molar-refractivity contribution is -0.115. The summed E-state index contributed by atoms with van der Waals surface area (Å²) in [6, 6.07) is 4.21. The van der Waals surface area contributed by atoms with E-state index < -0.39 is 5.82 Å². The Morgan fingerprint density at radius 3 is 2.80 bits per heavy atom. The molecule has 2 aromatic rings. The zero-order valence-corrected chi connectivity index (χ0v) is 11.7. The van der Waals surface area contributed by atoms with Gasteiger partial charge in [-0.1, -0.05) is 0 Å². The molecule has 2 rings (SSSR count). The quantitative estimate of drug-likeness (QED) is 0.868. The maximum Gasteiger partial charge on any atom is 0.238 e. The van der Waals surface area contributed by atoms with Crippen molar-refractivity contribution in [2.24, 2.45) is 0 Å². The molecule has 2 N–H and O–H groups in total. The van der Waals surface area contributed by atoms with Gasteiger partial charge < -0.3 is 10.6 Å². The molecule has 0 spiro atoms. The zero-order valence-electron chi connectivity index (χ0n) is 10.9. The van der Waals surface area contributed by atoms with E-state index in [1.54, 1.807) is 14.0 Å². The molecule has 0 aliphatic heterocycles. The summed E-state index contributed by atoms with van der Waals surface area (Å²) < 4.78 is 15.0. The molecule has 0 bridgehead atoms. The van der Waals surface area contributed by atoms with Crippen LogP contribution < -0.4 is 10.6 Å². The predicted octanol–water partition coefficient (Wildman–Crippen LogP) is 0.690. The molecule has 9 heteroatoms. The topological polar surface area (TPSA) is 84.7 Å². The predicted molar refractivity (Wildman–Crippen MR) is 73.7 cm³/mol. The molecule has 0 atom stereocenters. The smallest absolute Gasteiger partial charge is 0.238 e. The Kier molecular flexibility index (Phi) is 5.53. The minimum Gasteiger partial charge on any atom is -0.325 e. The van der Waals surface area contributed by atoms with Gasteiger partial charge in [0.2, 0.25) is 5.91 Å². The first-order valence-corrected chi connectivity index (χ1v) is 5.61. The molecule has 1 heterocycles. The fraction of sp³-hybridized carbons (Fsp3) is 0.273. The molecule has 1 aromatic carbocycles. The Hall–Kier alpha value is -2.06. The third-order valence-corrected chi connectivity index (χ3v) is 2.42. The van der Waals surface area contributed by atoms with E-state index in [9.17, 15) is 9.18 Å². The molecule has 0 saturated heterocycles. The largest absolute Gasteiger partial charge is 0.325 e. The monoisotopic (exact) mass is 300 g/mol. The first-order valence-electron chi connectivity index (χ1n) is 5.61. The third kappa shape index (κ3) is 3.49. The van der Waals surface area contributed by atoms with Crippen LogP contribution in [0.3, 0.4) is 0 Å². The number of nitrogens with zero attached hydrogens (tertiary/aromatic N) is 4. The van der Waals surface area contributed by atoms with Crippen LogP contribution in [-0.4, -0.2) is 39.7 Å². The van der Waals surface area contributed by atoms with E-state index in [4.69, 9.17) is 0 Å². The number of halogens is 2. The van der Waals surface area contributed by atoms with E-state index in [1.165, 1.54) is 22.9 Å². The lowest BCUT2D eigenvalue weighted by atomic mass is 10.2. The average molecular weight is 301 g/mol. The van der Waals surface area contributed by atoms with Crippen molar-refractivity contribution in [1.29, 1.82) is 0 Å². The van der Waals surface area contributed by atoms with Crippen LogP contribution in [0.2, 0.25) is 0 Å². The molecule has 0 aliphatic rings. The number of benzene rings is 1. The summed E-state index contributed by atoms with van der Waals surface area (Å²) in [5.41, 5.74) is 0.663. The van der Waals surface area contributed by atoms with Crippen LogP contribution in [0, 0.1) is 12.7 Å². The van der Waals surface area contributed by atoms with Crippen LogP contribution in [0.4, 0.5) is 10.1 Å². The van der Waals surface area contributed by atoms with Crippen molar-refractivity contribution < 1.29 is 9.18 Å². The molecule has 0 radical (unpaired) electrons. The molecule has 1 amide bonds. The minimum atomic E-state index is -0.470. The van der Waals surface area contributed by atoms with Gasteiger partial charge in [-0.25, -0.2) is 4.39 Å². The number of hydrogen-bond donors (Lipinski definition) is 2. The van der Waals surface area contributed by atoms with Crippen molar-refractivity contribution in [2.45, 2.75) is 6.92 Å². The van der Waals surface area contributed by atoms with E-state index >= 15 is 0 Å². The van der Waals surface area contributed by atoms with E-state index in [1.807, 2.05) is 0 Å². The number of hydrogen-bond acceptors (Lipinski definition) is 5. The molecule has 1 aromatic heterocycles. The number of carbonyl (C=O) groups is 1. The number of aromatic nitrogens is 4. The van der Waals surface area contributed by atoms with Gasteiger partial charge in [0.05, 0.1) is 6.54 Å². The maximum atomic E-state index is 13.8. The van der Waals surface area contributed by atoms with Crippen LogP contribution in [0.25, 0.3) is 5.69 Å². The SMILES string of the molecule is CNCC(=O)Nc1ccc(F)c(-n2nnnc2C)c1.Cl. The fourth-order valence-electron chi connectivity index (χ4n) is 1.57. The number of nitrogens with one attached hydrogen (secondary N) is 2. The summed E-state index contributed by atoms with van der Waals surface area (Å²) in [6.45, 7) is 1.84. The Balaban J connectivity index is 0.00000200. The van der Waals surface area contributed by atoms with E-state index in [-0.39, 0.29) is 30.5 Å². The number of carbonyl (C=O) groups excluding carboxylic acids is 1. The second kappa shape index (κ2) is 6.92. The third-order valence-electron chi connectivity index (χ3n) is 2.42. The van der Waals surface area contributed by atoms with Crippen LogP contribution in [0.15, 0.2) is 18.2 Å².